The smallest absolute Gasteiger partial charge is 0.267 e. The normalized spacial score (nSPS) is 24.8. The number of hydrogen-bond acceptors (Lipinski definition) is 5. The number of nitrogens with zero attached hydrogens (tertiary/aromatic N) is 1. The van der Waals surface area contributed by atoms with Crippen molar-refractivity contribution in [3.8, 4) is 5.75 Å². The van der Waals surface area contributed by atoms with Crippen LogP contribution in [0.1, 0.15) is 9.67 Å². The van der Waals surface area contributed by atoms with Gasteiger partial charge >= 0.3 is 0 Å². The predicted molar refractivity (Wildman–Crippen MR) is 58.8 cm³/mol. The number of hydrogen-bond donors (Lipinski definition) is 2. The highest BCUT2D eigenvalue weighted by molar-refractivity contribution is 7.12. The van der Waals surface area contributed by atoms with Crippen LogP contribution in [-0.2, 0) is 0 Å². The highest BCUT2D eigenvalue weighted by Crippen LogP contribution is 2.27. The molecule has 0 spiro atoms. The molecule has 0 radical (unpaired) electrons. The molecular weight excluding hydrogens is 230 g/mol. The van der Waals surface area contributed by atoms with Crippen molar-refractivity contribution in [3.05, 3.63) is 16.3 Å². The van der Waals surface area contributed by atoms with Crippen LogP contribution < -0.4 is 4.74 Å². The van der Waals surface area contributed by atoms with Gasteiger partial charge in [-0.25, -0.2) is 0 Å². The molecule has 5 nitrogen and oxygen atoms in total. The van der Waals surface area contributed by atoms with Gasteiger partial charge in [-0.15, -0.1) is 11.3 Å². The second-order valence-electron chi connectivity index (χ2n) is 3.66. The van der Waals surface area contributed by atoms with Crippen LogP contribution in [0, 0.1) is 0 Å². The Morgan fingerprint density at radius 1 is 1.50 bits per heavy atom. The molecule has 6 heteroatoms. The van der Waals surface area contributed by atoms with Crippen molar-refractivity contribution in [2.24, 2.45) is 0 Å². The molecule has 2 rings (SSSR count). The zero-order chi connectivity index (χ0) is 11.7. The summed E-state index contributed by atoms with van der Waals surface area (Å²) < 4.78 is 5.06. The van der Waals surface area contributed by atoms with Crippen molar-refractivity contribution in [1.82, 2.24) is 4.90 Å². The summed E-state index contributed by atoms with van der Waals surface area (Å²) >= 11 is 1.29. The molecule has 16 heavy (non-hydrogen) atoms. The summed E-state index contributed by atoms with van der Waals surface area (Å²) in [6.07, 6.45) is -1.70. The van der Waals surface area contributed by atoms with E-state index < -0.39 is 12.2 Å². The molecule has 0 bridgehead atoms. The first-order valence-corrected chi connectivity index (χ1v) is 5.78. The Morgan fingerprint density at radius 3 is 2.69 bits per heavy atom. The lowest BCUT2D eigenvalue weighted by Gasteiger charge is -2.14. The van der Waals surface area contributed by atoms with Crippen molar-refractivity contribution < 1.29 is 19.7 Å². The molecule has 2 heterocycles. The standard InChI is InChI=1S/C10H13NO4S/c1-15-8-2-3-16-9(8)10(14)11-4-6(12)7(13)5-11/h2-3,6-7,12-13H,4-5H2,1H3. The molecule has 2 atom stereocenters. The van der Waals surface area contributed by atoms with Gasteiger partial charge in [0, 0.05) is 13.1 Å². The zero-order valence-electron chi connectivity index (χ0n) is 8.79. The highest BCUT2D eigenvalue weighted by atomic mass is 32.1. The van der Waals surface area contributed by atoms with E-state index in [4.69, 9.17) is 4.74 Å². The minimum atomic E-state index is -0.852. The molecule has 1 fully saturated rings. The summed E-state index contributed by atoms with van der Waals surface area (Å²) in [4.78, 5) is 14.0. The minimum Gasteiger partial charge on any atom is -0.495 e. The number of likely N-dealkylation sites (tertiary alicyclic amines) is 1. The molecule has 1 aliphatic rings. The molecule has 88 valence electrons. The number of carbonyl (C=O) groups excluding carboxylic acids is 1. The van der Waals surface area contributed by atoms with Crippen LogP contribution >= 0.6 is 11.3 Å². The number of aliphatic hydroxyl groups excluding tert-OH is 2. The van der Waals surface area contributed by atoms with E-state index in [0.29, 0.717) is 10.6 Å². The van der Waals surface area contributed by atoms with Crippen molar-refractivity contribution >= 4 is 17.2 Å². The fourth-order valence-electron chi connectivity index (χ4n) is 1.69. The number of amides is 1. The lowest BCUT2D eigenvalue weighted by molar-refractivity contribution is 0.0572. The molecular formula is C10H13NO4S. The van der Waals surface area contributed by atoms with Crippen molar-refractivity contribution in [3.63, 3.8) is 0 Å². The number of ether oxygens (including phenoxy) is 1. The van der Waals surface area contributed by atoms with Gasteiger partial charge in [-0.1, -0.05) is 0 Å². The monoisotopic (exact) mass is 243 g/mol. The third-order valence-electron chi connectivity index (χ3n) is 2.59. The maximum atomic E-state index is 12.0. The topological polar surface area (TPSA) is 70.0 Å². The van der Waals surface area contributed by atoms with E-state index in [1.807, 2.05) is 0 Å². The second kappa shape index (κ2) is 4.40. The van der Waals surface area contributed by atoms with Crippen LogP contribution in [0.2, 0.25) is 0 Å². The Labute approximate surface area is 96.9 Å². The van der Waals surface area contributed by atoms with Gasteiger partial charge in [0.25, 0.3) is 5.91 Å². The maximum Gasteiger partial charge on any atom is 0.267 e. The summed E-state index contributed by atoms with van der Waals surface area (Å²) in [7, 11) is 1.51. The summed E-state index contributed by atoms with van der Waals surface area (Å²) in [5.41, 5.74) is 0. The molecule has 2 unspecified atom stereocenters. The third kappa shape index (κ3) is 1.91. The van der Waals surface area contributed by atoms with Crippen LogP contribution in [-0.4, -0.2) is 53.4 Å². The highest BCUT2D eigenvalue weighted by Gasteiger charge is 2.34. The van der Waals surface area contributed by atoms with Crippen LogP contribution in [0.5, 0.6) is 5.75 Å². The van der Waals surface area contributed by atoms with E-state index >= 15 is 0 Å². The zero-order valence-corrected chi connectivity index (χ0v) is 9.61. The Bertz CT molecular complexity index is 382. The van der Waals surface area contributed by atoms with Gasteiger partial charge in [-0.3, -0.25) is 4.79 Å². The number of carbonyl (C=O) groups is 1. The molecule has 0 saturated carbocycles. The summed E-state index contributed by atoms with van der Waals surface area (Å²) in [5, 5.41) is 20.5. The fraction of sp³-hybridized carbons (Fsp3) is 0.500. The summed E-state index contributed by atoms with van der Waals surface area (Å²) in [5.74, 6) is 0.327. The molecule has 1 saturated heterocycles. The lowest BCUT2D eigenvalue weighted by atomic mass is 10.3. The number of aliphatic hydroxyl groups is 2. The first-order valence-electron chi connectivity index (χ1n) is 4.90. The van der Waals surface area contributed by atoms with E-state index in [0.717, 1.165) is 0 Å². The average Bonchev–Trinajstić information content (AvgIpc) is 2.85. The predicted octanol–water partition coefficient (Wildman–Crippen LogP) is -0.0657. The van der Waals surface area contributed by atoms with Crippen molar-refractivity contribution in [2.45, 2.75) is 12.2 Å². The molecule has 0 aromatic carbocycles. The van der Waals surface area contributed by atoms with E-state index in [1.165, 1.54) is 23.3 Å². The van der Waals surface area contributed by atoms with Gasteiger partial charge in [-0.2, -0.15) is 0 Å². The van der Waals surface area contributed by atoms with E-state index in [-0.39, 0.29) is 19.0 Å². The molecule has 1 amide bonds. The fourth-order valence-corrected chi connectivity index (χ4v) is 2.52. The van der Waals surface area contributed by atoms with Crippen molar-refractivity contribution in [1.29, 1.82) is 0 Å². The molecule has 1 aliphatic heterocycles. The third-order valence-corrected chi connectivity index (χ3v) is 3.47. The first-order chi connectivity index (χ1) is 7.63. The van der Waals surface area contributed by atoms with Crippen LogP contribution in [0.15, 0.2) is 11.4 Å². The number of methoxy groups -OCH3 is 1. The number of rotatable bonds is 2. The van der Waals surface area contributed by atoms with Crippen LogP contribution in [0.4, 0.5) is 0 Å². The van der Waals surface area contributed by atoms with Gasteiger partial charge in [0.15, 0.2) is 0 Å². The Kier molecular flexibility index (Phi) is 3.13. The Morgan fingerprint density at radius 2 is 2.12 bits per heavy atom. The average molecular weight is 243 g/mol. The number of β-amino-alcohol motifs (C(OH)–C–C–N with tert-alkyl or cyclic N) is 2. The van der Waals surface area contributed by atoms with Gasteiger partial charge < -0.3 is 19.8 Å². The SMILES string of the molecule is COc1ccsc1C(=O)N1CC(O)C(O)C1. The lowest BCUT2D eigenvalue weighted by Crippen LogP contribution is -2.29. The van der Waals surface area contributed by atoms with E-state index in [1.54, 1.807) is 11.4 Å². The van der Waals surface area contributed by atoms with Gasteiger partial charge in [-0.05, 0) is 11.4 Å². The van der Waals surface area contributed by atoms with E-state index in [9.17, 15) is 15.0 Å². The van der Waals surface area contributed by atoms with Gasteiger partial charge in [0.05, 0.1) is 19.3 Å². The quantitative estimate of drug-likeness (QED) is 0.763. The summed E-state index contributed by atoms with van der Waals surface area (Å²) in [6.45, 7) is 0.335. The molecule has 1 aromatic rings. The Balaban J connectivity index is 2.14. The van der Waals surface area contributed by atoms with Crippen LogP contribution in [0.25, 0.3) is 0 Å². The number of thiophene rings is 1. The largest absolute Gasteiger partial charge is 0.495 e. The molecule has 2 N–H and O–H groups in total. The van der Waals surface area contributed by atoms with Gasteiger partial charge in [0.2, 0.25) is 0 Å². The van der Waals surface area contributed by atoms with Crippen LogP contribution in [0.3, 0.4) is 0 Å². The van der Waals surface area contributed by atoms with Gasteiger partial charge in [0.1, 0.15) is 10.6 Å². The summed E-state index contributed by atoms with van der Waals surface area (Å²) in [6, 6.07) is 1.72. The van der Waals surface area contributed by atoms with E-state index in [2.05, 4.69) is 0 Å². The molecule has 1 aromatic heterocycles. The Hall–Kier alpha value is -1.11. The van der Waals surface area contributed by atoms with Crippen molar-refractivity contribution in [2.75, 3.05) is 20.2 Å². The minimum absolute atomic E-state index is 0.168. The first kappa shape index (κ1) is 11.4. The maximum absolute atomic E-state index is 12.0. The molecule has 0 aliphatic carbocycles. The second-order valence-corrected chi connectivity index (χ2v) is 4.58.